The highest BCUT2D eigenvalue weighted by atomic mass is 16.5. The summed E-state index contributed by atoms with van der Waals surface area (Å²) in [5.41, 5.74) is 3.97. The minimum absolute atomic E-state index is 0.289. The summed E-state index contributed by atoms with van der Waals surface area (Å²) in [6.45, 7) is 1.70. The largest absolute Gasteiger partial charge is 0.376 e. The molecule has 0 amide bonds. The highest BCUT2D eigenvalue weighted by Crippen LogP contribution is 2.24. The van der Waals surface area contributed by atoms with Crippen molar-refractivity contribution in [2.75, 3.05) is 6.61 Å². The van der Waals surface area contributed by atoms with Gasteiger partial charge in [0.05, 0.1) is 30.2 Å². The van der Waals surface area contributed by atoms with Crippen molar-refractivity contribution >= 4 is 0 Å². The second kappa shape index (κ2) is 6.93. The van der Waals surface area contributed by atoms with E-state index in [1.807, 2.05) is 23.0 Å². The minimum Gasteiger partial charge on any atom is -0.376 e. The molecule has 24 heavy (non-hydrogen) atoms. The number of hydrogen-bond donors (Lipinski definition) is 0. The standard InChI is InChI=1S/C19H20N4O/c1-2-11-24-17(6-1)14-23-10-7-18(22-23)15-4-3-5-16(12-15)19-13-20-8-9-21-19/h3-5,7-10,12-13,17H,1-2,6,11,14H2. The summed E-state index contributed by atoms with van der Waals surface area (Å²) in [6, 6.07) is 10.3. The van der Waals surface area contributed by atoms with Crippen LogP contribution in [0.15, 0.2) is 55.1 Å². The second-order valence-electron chi connectivity index (χ2n) is 6.08. The van der Waals surface area contributed by atoms with Crippen LogP contribution in [-0.2, 0) is 11.3 Å². The van der Waals surface area contributed by atoms with E-state index in [0.717, 1.165) is 42.1 Å². The van der Waals surface area contributed by atoms with Gasteiger partial charge in [0.1, 0.15) is 0 Å². The number of ether oxygens (including phenoxy) is 1. The zero-order chi connectivity index (χ0) is 16.2. The summed E-state index contributed by atoms with van der Waals surface area (Å²) < 4.78 is 7.78. The first-order valence-corrected chi connectivity index (χ1v) is 8.40. The third kappa shape index (κ3) is 3.36. The molecule has 1 unspecified atom stereocenters. The van der Waals surface area contributed by atoms with Crippen molar-refractivity contribution in [3.05, 3.63) is 55.1 Å². The summed E-state index contributed by atoms with van der Waals surface area (Å²) in [5.74, 6) is 0. The monoisotopic (exact) mass is 320 g/mol. The van der Waals surface area contributed by atoms with Crippen LogP contribution in [0.2, 0.25) is 0 Å². The molecule has 5 heteroatoms. The van der Waals surface area contributed by atoms with Gasteiger partial charge in [-0.25, -0.2) is 0 Å². The molecule has 1 atom stereocenters. The smallest absolute Gasteiger partial charge is 0.0923 e. The van der Waals surface area contributed by atoms with Crippen LogP contribution in [0.1, 0.15) is 19.3 Å². The average Bonchev–Trinajstić information content (AvgIpc) is 3.12. The van der Waals surface area contributed by atoms with Gasteiger partial charge in [0, 0.05) is 36.3 Å². The Kier molecular flexibility index (Phi) is 4.34. The van der Waals surface area contributed by atoms with Crippen molar-refractivity contribution < 1.29 is 4.74 Å². The summed E-state index contributed by atoms with van der Waals surface area (Å²) in [5, 5.41) is 4.71. The van der Waals surface area contributed by atoms with Crippen LogP contribution in [-0.4, -0.2) is 32.5 Å². The van der Waals surface area contributed by atoms with E-state index in [4.69, 9.17) is 9.84 Å². The summed E-state index contributed by atoms with van der Waals surface area (Å²) in [4.78, 5) is 8.50. The Bertz CT molecular complexity index is 794. The lowest BCUT2D eigenvalue weighted by Gasteiger charge is -2.22. The number of aromatic nitrogens is 4. The number of nitrogens with zero attached hydrogens (tertiary/aromatic N) is 4. The molecule has 0 saturated carbocycles. The first-order chi connectivity index (χ1) is 11.9. The molecule has 3 heterocycles. The Morgan fingerprint density at radius 1 is 1.08 bits per heavy atom. The lowest BCUT2D eigenvalue weighted by atomic mass is 10.1. The first-order valence-electron chi connectivity index (χ1n) is 8.40. The zero-order valence-corrected chi connectivity index (χ0v) is 13.5. The Hall–Kier alpha value is -2.53. The van der Waals surface area contributed by atoms with Gasteiger partial charge in [0.2, 0.25) is 0 Å². The third-order valence-electron chi connectivity index (χ3n) is 4.32. The van der Waals surface area contributed by atoms with Crippen molar-refractivity contribution in [2.45, 2.75) is 31.9 Å². The second-order valence-corrected chi connectivity index (χ2v) is 6.08. The van der Waals surface area contributed by atoms with E-state index in [1.165, 1.54) is 12.8 Å². The number of benzene rings is 1. The minimum atomic E-state index is 0.289. The summed E-state index contributed by atoms with van der Waals surface area (Å²) in [7, 11) is 0. The van der Waals surface area contributed by atoms with Gasteiger partial charge in [-0.15, -0.1) is 0 Å². The molecule has 0 radical (unpaired) electrons. The van der Waals surface area contributed by atoms with Crippen LogP contribution < -0.4 is 0 Å². The van der Waals surface area contributed by atoms with Crippen molar-refractivity contribution in [2.24, 2.45) is 0 Å². The predicted molar refractivity (Wildman–Crippen MR) is 92.3 cm³/mol. The SMILES string of the molecule is c1cc(-c2cnccn2)cc(-c2ccn(CC3CCCCO3)n2)c1. The van der Waals surface area contributed by atoms with E-state index >= 15 is 0 Å². The number of hydrogen-bond acceptors (Lipinski definition) is 4. The van der Waals surface area contributed by atoms with Crippen molar-refractivity contribution in [1.82, 2.24) is 19.7 Å². The Labute approximate surface area is 141 Å². The average molecular weight is 320 g/mol. The molecule has 5 nitrogen and oxygen atoms in total. The molecule has 1 aliphatic rings. The molecule has 0 aliphatic carbocycles. The van der Waals surface area contributed by atoms with Crippen LogP contribution >= 0.6 is 0 Å². The molecular weight excluding hydrogens is 300 g/mol. The first kappa shape index (κ1) is 15.0. The maximum Gasteiger partial charge on any atom is 0.0923 e. The van der Waals surface area contributed by atoms with Crippen LogP contribution in [0.25, 0.3) is 22.5 Å². The Morgan fingerprint density at radius 2 is 2.00 bits per heavy atom. The normalized spacial score (nSPS) is 17.8. The lowest BCUT2D eigenvalue weighted by Crippen LogP contribution is -2.24. The van der Waals surface area contributed by atoms with Crippen LogP contribution in [0, 0.1) is 0 Å². The van der Waals surface area contributed by atoms with Gasteiger partial charge in [-0.3, -0.25) is 14.6 Å². The van der Waals surface area contributed by atoms with Crippen molar-refractivity contribution in [3.63, 3.8) is 0 Å². The maximum atomic E-state index is 5.80. The van der Waals surface area contributed by atoms with Gasteiger partial charge in [0.25, 0.3) is 0 Å². The Balaban J connectivity index is 1.54. The van der Waals surface area contributed by atoms with Gasteiger partial charge < -0.3 is 4.74 Å². The summed E-state index contributed by atoms with van der Waals surface area (Å²) in [6.07, 6.45) is 11.0. The van der Waals surface area contributed by atoms with E-state index in [1.54, 1.807) is 18.6 Å². The van der Waals surface area contributed by atoms with Crippen molar-refractivity contribution in [1.29, 1.82) is 0 Å². The van der Waals surface area contributed by atoms with E-state index in [-0.39, 0.29) is 6.10 Å². The van der Waals surface area contributed by atoms with E-state index in [9.17, 15) is 0 Å². The quantitative estimate of drug-likeness (QED) is 0.737. The fraction of sp³-hybridized carbons (Fsp3) is 0.316. The zero-order valence-electron chi connectivity index (χ0n) is 13.5. The fourth-order valence-corrected chi connectivity index (χ4v) is 3.06. The Morgan fingerprint density at radius 3 is 2.79 bits per heavy atom. The molecule has 4 rings (SSSR count). The molecule has 0 bridgehead atoms. The topological polar surface area (TPSA) is 52.8 Å². The maximum absolute atomic E-state index is 5.80. The predicted octanol–water partition coefficient (Wildman–Crippen LogP) is 3.58. The summed E-state index contributed by atoms with van der Waals surface area (Å²) >= 11 is 0. The van der Waals surface area contributed by atoms with Gasteiger partial charge in [0.15, 0.2) is 0 Å². The van der Waals surface area contributed by atoms with Crippen LogP contribution in [0.4, 0.5) is 0 Å². The molecule has 1 aromatic carbocycles. The molecule has 2 aromatic heterocycles. The molecule has 1 aliphatic heterocycles. The third-order valence-corrected chi connectivity index (χ3v) is 4.32. The molecule has 0 N–H and O–H groups in total. The number of rotatable bonds is 4. The highest BCUT2D eigenvalue weighted by molar-refractivity contribution is 5.68. The van der Waals surface area contributed by atoms with E-state index in [2.05, 4.69) is 28.2 Å². The molecule has 0 spiro atoms. The van der Waals surface area contributed by atoms with Gasteiger partial charge in [-0.2, -0.15) is 5.10 Å². The molecule has 122 valence electrons. The van der Waals surface area contributed by atoms with Gasteiger partial charge in [-0.1, -0.05) is 18.2 Å². The molecule has 1 saturated heterocycles. The van der Waals surface area contributed by atoms with Crippen LogP contribution in [0.3, 0.4) is 0 Å². The lowest BCUT2D eigenvalue weighted by molar-refractivity contribution is 0.00403. The highest BCUT2D eigenvalue weighted by Gasteiger charge is 2.15. The fourth-order valence-electron chi connectivity index (χ4n) is 3.06. The molecule has 1 fully saturated rings. The van der Waals surface area contributed by atoms with Gasteiger partial charge >= 0.3 is 0 Å². The van der Waals surface area contributed by atoms with Gasteiger partial charge in [-0.05, 0) is 31.4 Å². The van der Waals surface area contributed by atoms with Crippen LogP contribution in [0.5, 0.6) is 0 Å². The molecule has 3 aromatic rings. The van der Waals surface area contributed by atoms with E-state index in [0.29, 0.717) is 0 Å². The molecular formula is C19H20N4O. The van der Waals surface area contributed by atoms with Crippen molar-refractivity contribution in [3.8, 4) is 22.5 Å². The van der Waals surface area contributed by atoms with E-state index < -0.39 is 0 Å².